The van der Waals surface area contributed by atoms with Gasteiger partial charge in [0, 0.05) is 5.39 Å². The topological polar surface area (TPSA) is 70.7 Å². The fraction of sp³-hybridized carbons (Fsp3) is 0. The maximum atomic E-state index is 12.9. The average Bonchev–Trinajstić information content (AvgIpc) is 2.44. The van der Waals surface area contributed by atoms with Crippen LogP contribution in [0.25, 0.3) is 22.1 Å². The second-order valence-corrected chi connectivity index (χ2v) is 4.31. The van der Waals surface area contributed by atoms with E-state index in [-0.39, 0.29) is 16.9 Å². The van der Waals surface area contributed by atoms with E-state index in [1.54, 1.807) is 0 Å². The zero-order valence-corrected chi connectivity index (χ0v) is 10.1. The highest BCUT2D eigenvalue weighted by atomic mass is 19.1. The molecule has 20 heavy (non-hydrogen) atoms. The molecule has 4 nitrogen and oxygen atoms in total. The fourth-order valence-corrected chi connectivity index (χ4v) is 1.99. The molecule has 1 aromatic heterocycles. The Morgan fingerprint density at radius 2 is 1.70 bits per heavy atom. The Morgan fingerprint density at radius 1 is 1.00 bits per heavy atom. The first-order chi connectivity index (χ1) is 9.56. The van der Waals surface area contributed by atoms with Crippen molar-refractivity contribution in [1.29, 1.82) is 0 Å². The Balaban J connectivity index is 2.28. The van der Waals surface area contributed by atoms with Crippen molar-refractivity contribution < 1.29 is 19.0 Å². The van der Waals surface area contributed by atoms with Gasteiger partial charge in [0.15, 0.2) is 11.3 Å². The highest BCUT2D eigenvalue weighted by molar-refractivity contribution is 5.87. The third kappa shape index (κ3) is 1.89. The first-order valence-electron chi connectivity index (χ1n) is 5.81. The Labute approximate surface area is 112 Å². The number of hydrogen-bond acceptors (Lipinski definition) is 4. The van der Waals surface area contributed by atoms with Crippen molar-refractivity contribution in [3.05, 3.63) is 58.7 Å². The molecule has 0 spiro atoms. The summed E-state index contributed by atoms with van der Waals surface area (Å²) in [5.41, 5.74) is 0.00285. The molecule has 0 aliphatic carbocycles. The smallest absolute Gasteiger partial charge is 0.344 e. The molecule has 0 atom stereocenters. The number of rotatable bonds is 1. The SMILES string of the molecule is O=c1oc2c(O)c(O)ccc2cc1-c1ccc(F)cc1. The standard InChI is InChI=1S/C15H9FO4/c16-10-4-1-8(2-5-10)11-7-9-3-6-12(17)13(18)14(9)20-15(11)19/h1-7,17-18H. The Hall–Kier alpha value is -2.82. The van der Waals surface area contributed by atoms with Gasteiger partial charge in [0.05, 0.1) is 5.56 Å². The van der Waals surface area contributed by atoms with Gasteiger partial charge in [-0.25, -0.2) is 9.18 Å². The molecule has 0 bridgehead atoms. The number of phenolic OH excluding ortho intramolecular Hbond substituents is 2. The van der Waals surface area contributed by atoms with Crippen molar-refractivity contribution >= 4 is 11.0 Å². The van der Waals surface area contributed by atoms with E-state index in [9.17, 15) is 19.4 Å². The second kappa shape index (κ2) is 4.38. The van der Waals surface area contributed by atoms with E-state index in [0.29, 0.717) is 10.9 Å². The molecule has 2 aromatic carbocycles. The summed E-state index contributed by atoms with van der Waals surface area (Å²) in [4.78, 5) is 11.9. The monoisotopic (exact) mass is 272 g/mol. The minimum atomic E-state index is -0.676. The zero-order valence-electron chi connectivity index (χ0n) is 10.1. The molecule has 3 rings (SSSR count). The van der Waals surface area contributed by atoms with Crippen LogP contribution in [0.2, 0.25) is 0 Å². The third-order valence-corrected chi connectivity index (χ3v) is 3.01. The van der Waals surface area contributed by atoms with Gasteiger partial charge in [0.2, 0.25) is 5.75 Å². The minimum Gasteiger partial charge on any atom is -0.504 e. The molecule has 0 unspecified atom stereocenters. The zero-order chi connectivity index (χ0) is 14.3. The molecule has 0 radical (unpaired) electrons. The van der Waals surface area contributed by atoms with Crippen LogP contribution in [0.15, 0.2) is 51.7 Å². The van der Waals surface area contributed by atoms with Gasteiger partial charge in [-0.05, 0) is 35.9 Å². The lowest BCUT2D eigenvalue weighted by atomic mass is 10.1. The number of hydrogen-bond donors (Lipinski definition) is 2. The first kappa shape index (κ1) is 12.2. The molecule has 5 heteroatoms. The second-order valence-electron chi connectivity index (χ2n) is 4.31. The normalized spacial score (nSPS) is 10.8. The largest absolute Gasteiger partial charge is 0.504 e. The molecule has 3 aromatic rings. The number of phenols is 2. The Morgan fingerprint density at radius 3 is 2.40 bits per heavy atom. The van der Waals surface area contributed by atoms with Gasteiger partial charge in [-0.2, -0.15) is 0 Å². The molecule has 0 saturated heterocycles. The summed E-state index contributed by atoms with van der Waals surface area (Å²) in [6, 6.07) is 9.75. The lowest BCUT2D eigenvalue weighted by Crippen LogP contribution is -2.02. The molecule has 100 valence electrons. The van der Waals surface area contributed by atoms with Crippen LogP contribution in [0.5, 0.6) is 11.5 Å². The lowest BCUT2D eigenvalue weighted by Gasteiger charge is -2.05. The van der Waals surface area contributed by atoms with Gasteiger partial charge < -0.3 is 14.6 Å². The maximum Gasteiger partial charge on any atom is 0.344 e. The highest BCUT2D eigenvalue weighted by Crippen LogP contribution is 2.33. The van der Waals surface area contributed by atoms with E-state index < -0.39 is 17.2 Å². The Kier molecular flexibility index (Phi) is 2.68. The van der Waals surface area contributed by atoms with Crippen LogP contribution in [0.3, 0.4) is 0 Å². The van der Waals surface area contributed by atoms with Crippen LogP contribution >= 0.6 is 0 Å². The van der Waals surface area contributed by atoms with E-state index in [2.05, 4.69) is 0 Å². The lowest BCUT2D eigenvalue weighted by molar-refractivity contribution is 0.398. The predicted molar refractivity (Wildman–Crippen MR) is 71.2 cm³/mol. The van der Waals surface area contributed by atoms with Crippen molar-refractivity contribution in [2.24, 2.45) is 0 Å². The van der Waals surface area contributed by atoms with Crippen LogP contribution in [0.1, 0.15) is 0 Å². The van der Waals surface area contributed by atoms with Gasteiger partial charge in [0.1, 0.15) is 5.82 Å². The van der Waals surface area contributed by atoms with Crippen LogP contribution in [-0.2, 0) is 0 Å². The van der Waals surface area contributed by atoms with Gasteiger partial charge >= 0.3 is 5.63 Å². The van der Waals surface area contributed by atoms with E-state index >= 15 is 0 Å². The molecular weight excluding hydrogens is 263 g/mol. The molecular formula is C15H9FO4. The minimum absolute atomic E-state index is 0.0825. The molecule has 0 aliphatic heterocycles. The van der Waals surface area contributed by atoms with Crippen molar-refractivity contribution in [1.82, 2.24) is 0 Å². The van der Waals surface area contributed by atoms with E-state index in [0.717, 1.165) is 0 Å². The van der Waals surface area contributed by atoms with Crippen molar-refractivity contribution in [3.8, 4) is 22.6 Å². The van der Waals surface area contributed by atoms with Gasteiger partial charge in [-0.3, -0.25) is 0 Å². The summed E-state index contributed by atoms with van der Waals surface area (Å²) in [6.07, 6.45) is 0. The van der Waals surface area contributed by atoms with Crippen molar-refractivity contribution in [2.75, 3.05) is 0 Å². The molecule has 0 amide bonds. The van der Waals surface area contributed by atoms with Crippen LogP contribution in [0, 0.1) is 5.82 Å². The van der Waals surface area contributed by atoms with Crippen molar-refractivity contribution in [2.45, 2.75) is 0 Å². The van der Waals surface area contributed by atoms with Gasteiger partial charge in [-0.1, -0.05) is 12.1 Å². The van der Waals surface area contributed by atoms with Gasteiger partial charge in [0.25, 0.3) is 0 Å². The first-order valence-corrected chi connectivity index (χ1v) is 5.81. The summed E-state index contributed by atoms with van der Waals surface area (Å²) in [5.74, 6) is -1.25. The quantitative estimate of drug-likeness (QED) is 0.527. The molecule has 0 saturated carbocycles. The Bertz CT molecular complexity index is 850. The molecule has 2 N–H and O–H groups in total. The highest BCUT2D eigenvalue weighted by Gasteiger charge is 2.12. The summed E-state index contributed by atoms with van der Waals surface area (Å²) in [5, 5.41) is 19.5. The number of fused-ring (bicyclic) bond motifs is 1. The summed E-state index contributed by atoms with van der Waals surface area (Å²) < 4.78 is 17.9. The van der Waals surface area contributed by atoms with E-state index in [1.165, 1.54) is 42.5 Å². The van der Waals surface area contributed by atoms with Crippen LogP contribution in [-0.4, -0.2) is 10.2 Å². The summed E-state index contributed by atoms with van der Waals surface area (Å²) in [6.45, 7) is 0. The van der Waals surface area contributed by atoms with E-state index in [4.69, 9.17) is 4.42 Å². The van der Waals surface area contributed by atoms with E-state index in [1.807, 2.05) is 0 Å². The van der Waals surface area contributed by atoms with Crippen LogP contribution < -0.4 is 5.63 Å². The maximum absolute atomic E-state index is 12.9. The predicted octanol–water partition coefficient (Wildman–Crippen LogP) is 3.01. The summed E-state index contributed by atoms with van der Waals surface area (Å²) in [7, 11) is 0. The molecule has 1 heterocycles. The average molecular weight is 272 g/mol. The number of halogens is 1. The van der Waals surface area contributed by atoms with Crippen LogP contribution in [0.4, 0.5) is 4.39 Å². The van der Waals surface area contributed by atoms with Crippen molar-refractivity contribution in [3.63, 3.8) is 0 Å². The summed E-state index contributed by atoms with van der Waals surface area (Å²) >= 11 is 0. The fourth-order valence-electron chi connectivity index (χ4n) is 1.99. The molecule has 0 fully saturated rings. The molecule has 0 aliphatic rings. The third-order valence-electron chi connectivity index (χ3n) is 3.01. The number of aromatic hydroxyl groups is 2. The number of benzene rings is 2. The van der Waals surface area contributed by atoms with Gasteiger partial charge in [-0.15, -0.1) is 0 Å².